The number of ether oxygens (including phenoxy) is 1. The van der Waals surface area contributed by atoms with Crippen LogP contribution in [0.15, 0.2) is 48.5 Å². The molecule has 0 unspecified atom stereocenters. The third kappa shape index (κ3) is 4.29. The summed E-state index contributed by atoms with van der Waals surface area (Å²) in [7, 11) is 1.64. The fourth-order valence-corrected chi connectivity index (χ4v) is 3.87. The van der Waals surface area contributed by atoms with Crippen LogP contribution in [0.4, 0.5) is 0 Å². The molecule has 1 amide bonds. The van der Waals surface area contributed by atoms with Crippen molar-refractivity contribution in [3.8, 4) is 22.6 Å². The molecule has 3 rings (SSSR count). The van der Waals surface area contributed by atoms with E-state index in [2.05, 4.69) is 11.5 Å². The van der Waals surface area contributed by atoms with E-state index in [1.807, 2.05) is 43.3 Å². The molecule has 0 radical (unpaired) electrons. The van der Waals surface area contributed by atoms with E-state index in [0.29, 0.717) is 5.56 Å². The fourth-order valence-electron chi connectivity index (χ4n) is 3.87. The number of primary amides is 1. The molecule has 0 aliphatic rings. The minimum Gasteiger partial charge on any atom is -0.508 e. The molecule has 0 bridgehead atoms. The van der Waals surface area contributed by atoms with Gasteiger partial charge in [0.2, 0.25) is 0 Å². The summed E-state index contributed by atoms with van der Waals surface area (Å²) in [4.78, 5) is 12.4. The third-order valence-electron chi connectivity index (χ3n) is 5.30. The van der Waals surface area contributed by atoms with Crippen molar-refractivity contribution in [2.45, 2.75) is 39.7 Å². The lowest BCUT2D eigenvalue weighted by Gasteiger charge is -2.13. The van der Waals surface area contributed by atoms with Crippen molar-refractivity contribution in [1.82, 2.24) is 4.57 Å². The molecule has 1 aromatic heterocycles. The first-order valence-electron chi connectivity index (χ1n) is 9.90. The zero-order valence-electron chi connectivity index (χ0n) is 17.2. The highest BCUT2D eigenvalue weighted by atomic mass is 16.5. The van der Waals surface area contributed by atoms with E-state index in [0.717, 1.165) is 59.6 Å². The highest BCUT2D eigenvalue weighted by Crippen LogP contribution is 2.34. The molecular weight excluding hydrogens is 364 g/mol. The second-order valence-electron chi connectivity index (χ2n) is 7.19. The van der Waals surface area contributed by atoms with E-state index in [1.54, 1.807) is 19.2 Å². The first kappa shape index (κ1) is 20.5. The predicted molar refractivity (Wildman–Crippen MR) is 115 cm³/mol. The lowest BCUT2D eigenvalue weighted by Crippen LogP contribution is -2.14. The topological polar surface area (TPSA) is 77.5 Å². The molecule has 0 fully saturated rings. The number of nitrogens with two attached hydrogens (primary N) is 1. The molecule has 0 atom stereocenters. The summed E-state index contributed by atoms with van der Waals surface area (Å²) in [5.74, 6) is 0.624. The Kier molecular flexibility index (Phi) is 6.27. The minimum atomic E-state index is -0.408. The van der Waals surface area contributed by atoms with Crippen molar-refractivity contribution in [3.63, 3.8) is 0 Å². The number of amides is 1. The summed E-state index contributed by atoms with van der Waals surface area (Å²) < 4.78 is 7.49. The molecule has 0 saturated carbocycles. The summed E-state index contributed by atoms with van der Waals surface area (Å²) in [6.07, 6.45) is 2.61. The number of hydrogen-bond acceptors (Lipinski definition) is 3. The molecule has 1 heterocycles. The van der Waals surface area contributed by atoms with Crippen molar-refractivity contribution in [2.75, 3.05) is 7.11 Å². The number of aryl methyl sites for hydroxylation is 1. The summed E-state index contributed by atoms with van der Waals surface area (Å²) in [5.41, 5.74) is 11.4. The van der Waals surface area contributed by atoms with Gasteiger partial charge in [-0.25, -0.2) is 0 Å². The van der Waals surface area contributed by atoms with E-state index >= 15 is 0 Å². The van der Waals surface area contributed by atoms with Crippen LogP contribution in [-0.4, -0.2) is 22.7 Å². The van der Waals surface area contributed by atoms with Gasteiger partial charge < -0.3 is 20.1 Å². The number of hydrogen-bond donors (Lipinski definition) is 2. The molecule has 5 nitrogen and oxygen atoms in total. The van der Waals surface area contributed by atoms with Crippen LogP contribution in [0, 0.1) is 6.92 Å². The van der Waals surface area contributed by atoms with Crippen LogP contribution in [0.25, 0.3) is 11.1 Å². The van der Waals surface area contributed by atoms with Gasteiger partial charge in [-0.1, -0.05) is 37.6 Å². The average Bonchev–Trinajstić information content (AvgIpc) is 2.99. The lowest BCUT2D eigenvalue weighted by atomic mass is 9.98. The molecule has 0 saturated heterocycles. The van der Waals surface area contributed by atoms with E-state index in [9.17, 15) is 9.90 Å². The van der Waals surface area contributed by atoms with Crippen molar-refractivity contribution in [3.05, 3.63) is 71.0 Å². The Morgan fingerprint density at radius 3 is 2.28 bits per heavy atom. The van der Waals surface area contributed by atoms with Gasteiger partial charge in [0.05, 0.1) is 12.7 Å². The van der Waals surface area contributed by atoms with Crippen molar-refractivity contribution in [1.29, 1.82) is 0 Å². The maximum atomic E-state index is 12.4. The summed E-state index contributed by atoms with van der Waals surface area (Å²) in [6.45, 7) is 4.83. The maximum Gasteiger partial charge on any atom is 0.251 e. The summed E-state index contributed by atoms with van der Waals surface area (Å²) in [6, 6.07) is 15.0. The zero-order valence-corrected chi connectivity index (χ0v) is 17.2. The molecule has 2 aromatic carbocycles. The second kappa shape index (κ2) is 8.86. The normalized spacial score (nSPS) is 10.9. The van der Waals surface area contributed by atoms with Gasteiger partial charge in [-0.2, -0.15) is 0 Å². The van der Waals surface area contributed by atoms with E-state index in [4.69, 9.17) is 10.5 Å². The zero-order chi connectivity index (χ0) is 21.0. The SMILES string of the molecule is CCCc1c(-c2ccc(OC)cc2)c(C(N)=O)c(C)n1CCc1ccc(O)cc1. The average molecular weight is 392 g/mol. The van der Waals surface area contributed by atoms with E-state index in [1.165, 1.54) is 0 Å². The van der Waals surface area contributed by atoms with E-state index < -0.39 is 5.91 Å². The lowest BCUT2D eigenvalue weighted by molar-refractivity contribution is 0.1000. The quantitative estimate of drug-likeness (QED) is 0.594. The fraction of sp³-hybridized carbons (Fsp3) is 0.292. The molecule has 0 aliphatic carbocycles. The molecule has 29 heavy (non-hydrogen) atoms. The van der Waals surface area contributed by atoms with Crippen LogP contribution in [0.2, 0.25) is 0 Å². The molecule has 0 aliphatic heterocycles. The van der Waals surface area contributed by atoms with Gasteiger partial charge >= 0.3 is 0 Å². The molecular formula is C24H28N2O3. The number of aromatic hydroxyl groups is 1. The Hall–Kier alpha value is -3.21. The Morgan fingerprint density at radius 2 is 1.72 bits per heavy atom. The first-order valence-corrected chi connectivity index (χ1v) is 9.90. The van der Waals surface area contributed by atoms with E-state index in [-0.39, 0.29) is 5.75 Å². The van der Waals surface area contributed by atoms with Gasteiger partial charge in [0, 0.05) is 23.5 Å². The van der Waals surface area contributed by atoms with Gasteiger partial charge in [0.25, 0.3) is 5.91 Å². The second-order valence-corrected chi connectivity index (χ2v) is 7.19. The van der Waals surface area contributed by atoms with Gasteiger partial charge in [0.1, 0.15) is 11.5 Å². The smallest absolute Gasteiger partial charge is 0.251 e. The molecule has 152 valence electrons. The highest BCUT2D eigenvalue weighted by Gasteiger charge is 2.24. The van der Waals surface area contributed by atoms with Crippen molar-refractivity contribution >= 4 is 5.91 Å². The Balaban J connectivity index is 2.07. The molecule has 3 N–H and O–H groups in total. The largest absolute Gasteiger partial charge is 0.508 e. The minimum absolute atomic E-state index is 0.260. The molecule has 0 spiro atoms. The third-order valence-corrected chi connectivity index (χ3v) is 5.30. The van der Waals surface area contributed by atoms with Crippen molar-refractivity contribution in [2.24, 2.45) is 5.73 Å². The standard InChI is InChI=1S/C24H28N2O3/c1-4-5-21-23(18-8-12-20(29-3)13-9-18)22(24(25)28)16(2)26(21)15-14-17-6-10-19(27)11-7-17/h6-13,27H,4-5,14-15H2,1-3H3,(H2,25,28). The number of methoxy groups -OCH3 is 1. The molecule has 5 heteroatoms. The number of aromatic nitrogens is 1. The van der Waals surface area contributed by atoms with Crippen LogP contribution in [0.1, 0.15) is 40.7 Å². The monoisotopic (exact) mass is 392 g/mol. The summed E-state index contributed by atoms with van der Waals surface area (Å²) >= 11 is 0. The molecule has 3 aromatic rings. The Bertz CT molecular complexity index is 986. The van der Waals surface area contributed by atoms with Crippen molar-refractivity contribution < 1.29 is 14.6 Å². The van der Waals surface area contributed by atoms with Gasteiger partial charge in [-0.3, -0.25) is 4.79 Å². The number of rotatable bonds is 8. The van der Waals surface area contributed by atoms with Gasteiger partial charge in [-0.15, -0.1) is 0 Å². The Morgan fingerprint density at radius 1 is 1.07 bits per heavy atom. The van der Waals surface area contributed by atoms with Crippen LogP contribution < -0.4 is 10.5 Å². The maximum absolute atomic E-state index is 12.4. The van der Waals surface area contributed by atoms with Crippen LogP contribution in [0.5, 0.6) is 11.5 Å². The van der Waals surface area contributed by atoms with Gasteiger partial charge in [0.15, 0.2) is 0 Å². The van der Waals surface area contributed by atoms with Crippen LogP contribution >= 0.6 is 0 Å². The number of benzene rings is 2. The highest BCUT2D eigenvalue weighted by molar-refractivity contribution is 6.02. The number of carbonyl (C=O) groups is 1. The first-order chi connectivity index (χ1) is 14.0. The Labute approximate surface area is 171 Å². The van der Waals surface area contributed by atoms with Gasteiger partial charge in [-0.05, 0) is 55.2 Å². The van der Waals surface area contributed by atoms with Crippen LogP contribution in [-0.2, 0) is 19.4 Å². The number of phenols is 1. The number of carbonyl (C=O) groups excluding carboxylic acids is 1. The predicted octanol–water partition coefficient (Wildman–Crippen LogP) is 4.47. The number of phenolic OH excluding ortho intramolecular Hbond substituents is 1. The van der Waals surface area contributed by atoms with Crippen LogP contribution in [0.3, 0.4) is 0 Å². The number of nitrogens with zero attached hydrogens (tertiary/aromatic N) is 1. The summed E-state index contributed by atoms with van der Waals surface area (Å²) in [5, 5.41) is 9.50.